The summed E-state index contributed by atoms with van der Waals surface area (Å²) < 4.78 is 32.2. The third-order valence-electron chi connectivity index (χ3n) is 5.41. The molecule has 1 saturated carbocycles. The Bertz CT molecular complexity index is 763. The van der Waals surface area contributed by atoms with Crippen molar-refractivity contribution in [3.8, 4) is 5.75 Å². The van der Waals surface area contributed by atoms with Crippen molar-refractivity contribution < 1.29 is 17.9 Å². The number of sulfonamides is 1. The molecule has 0 saturated heterocycles. The van der Waals surface area contributed by atoms with Gasteiger partial charge >= 0.3 is 0 Å². The van der Waals surface area contributed by atoms with Crippen LogP contribution in [0, 0.1) is 5.92 Å². The summed E-state index contributed by atoms with van der Waals surface area (Å²) in [4.78, 5) is 12.6. The van der Waals surface area contributed by atoms with Crippen LogP contribution in [0.15, 0.2) is 23.1 Å². The molecule has 28 heavy (non-hydrogen) atoms. The first kappa shape index (κ1) is 22.5. The van der Waals surface area contributed by atoms with Crippen LogP contribution >= 0.6 is 0 Å². The van der Waals surface area contributed by atoms with Crippen molar-refractivity contribution in [2.45, 2.75) is 57.4 Å². The van der Waals surface area contributed by atoms with Crippen LogP contribution in [0.3, 0.4) is 0 Å². The van der Waals surface area contributed by atoms with Gasteiger partial charge in [0.1, 0.15) is 5.75 Å². The van der Waals surface area contributed by atoms with Crippen LogP contribution in [0.2, 0.25) is 0 Å². The standard InChI is InChI=1S/C20H33N3O4S/c1-5-23(6-2)28(25,26)16-11-12-19(27-4)18(13-16)21-14-20(24)22-17-10-8-7-9-15(17)3/h11-13,15,17,21H,5-10,14H2,1-4H3,(H,22,24). The van der Waals surface area contributed by atoms with E-state index in [9.17, 15) is 13.2 Å². The van der Waals surface area contributed by atoms with Gasteiger partial charge in [-0.1, -0.05) is 33.6 Å². The zero-order valence-corrected chi connectivity index (χ0v) is 18.1. The molecule has 1 aliphatic carbocycles. The van der Waals surface area contributed by atoms with E-state index >= 15 is 0 Å². The first-order chi connectivity index (χ1) is 13.3. The lowest BCUT2D eigenvalue weighted by molar-refractivity contribution is -0.120. The molecule has 1 fully saturated rings. The number of hydrogen-bond donors (Lipinski definition) is 2. The van der Waals surface area contributed by atoms with Gasteiger partial charge in [-0.2, -0.15) is 4.31 Å². The monoisotopic (exact) mass is 411 g/mol. The average molecular weight is 412 g/mol. The van der Waals surface area contributed by atoms with Gasteiger partial charge in [-0.3, -0.25) is 4.79 Å². The number of nitrogens with zero attached hydrogens (tertiary/aromatic N) is 1. The second-order valence-corrected chi connectivity index (χ2v) is 9.18. The average Bonchev–Trinajstić information content (AvgIpc) is 2.68. The van der Waals surface area contributed by atoms with E-state index in [0.717, 1.165) is 19.3 Å². The number of carbonyl (C=O) groups is 1. The maximum Gasteiger partial charge on any atom is 0.243 e. The number of methoxy groups -OCH3 is 1. The molecular weight excluding hydrogens is 378 g/mol. The summed E-state index contributed by atoms with van der Waals surface area (Å²) in [5, 5.41) is 6.12. The van der Waals surface area contributed by atoms with Crippen molar-refractivity contribution in [3.05, 3.63) is 18.2 Å². The fraction of sp³-hybridized carbons (Fsp3) is 0.650. The summed E-state index contributed by atoms with van der Waals surface area (Å²) in [6, 6.07) is 4.88. The molecule has 0 bridgehead atoms. The molecule has 158 valence electrons. The van der Waals surface area contributed by atoms with Crippen LogP contribution in [0.5, 0.6) is 5.75 Å². The van der Waals surface area contributed by atoms with Crippen LogP contribution < -0.4 is 15.4 Å². The van der Waals surface area contributed by atoms with E-state index in [-0.39, 0.29) is 23.4 Å². The highest BCUT2D eigenvalue weighted by atomic mass is 32.2. The molecule has 0 radical (unpaired) electrons. The molecule has 0 spiro atoms. The van der Waals surface area contributed by atoms with Crippen LogP contribution in [-0.4, -0.2) is 51.4 Å². The fourth-order valence-electron chi connectivity index (χ4n) is 3.66. The summed E-state index contributed by atoms with van der Waals surface area (Å²) in [5.74, 6) is 0.880. The quantitative estimate of drug-likeness (QED) is 0.652. The van der Waals surface area contributed by atoms with Gasteiger partial charge in [-0.15, -0.1) is 0 Å². The molecule has 2 atom stereocenters. The van der Waals surface area contributed by atoms with Crippen molar-refractivity contribution >= 4 is 21.6 Å². The van der Waals surface area contributed by atoms with E-state index in [0.29, 0.717) is 30.4 Å². The smallest absolute Gasteiger partial charge is 0.243 e. The van der Waals surface area contributed by atoms with E-state index in [4.69, 9.17) is 4.74 Å². The Morgan fingerprint density at radius 2 is 1.89 bits per heavy atom. The van der Waals surface area contributed by atoms with Gasteiger partial charge < -0.3 is 15.4 Å². The van der Waals surface area contributed by atoms with Crippen molar-refractivity contribution in [1.82, 2.24) is 9.62 Å². The number of benzene rings is 1. The third-order valence-corrected chi connectivity index (χ3v) is 7.46. The lowest BCUT2D eigenvalue weighted by atomic mass is 9.86. The first-order valence-corrected chi connectivity index (χ1v) is 11.5. The summed E-state index contributed by atoms with van der Waals surface area (Å²) in [6.45, 7) is 6.64. The lowest BCUT2D eigenvalue weighted by Gasteiger charge is -2.29. The molecule has 1 aliphatic rings. The third kappa shape index (κ3) is 5.38. The molecule has 8 heteroatoms. The van der Waals surface area contributed by atoms with Gasteiger partial charge in [-0.05, 0) is 37.0 Å². The molecule has 1 aromatic rings. The lowest BCUT2D eigenvalue weighted by Crippen LogP contribution is -2.43. The predicted molar refractivity (Wildman–Crippen MR) is 111 cm³/mol. The number of carbonyl (C=O) groups excluding carboxylic acids is 1. The molecule has 2 N–H and O–H groups in total. The van der Waals surface area contributed by atoms with E-state index in [1.165, 1.54) is 30.0 Å². The number of anilines is 1. The zero-order valence-electron chi connectivity index (χ0n) is 17.3. The highest BCUT2D eigenvalue weighted by Crippen LogP contribution is 2.29. The SMILES string of the molecule is CCN(CC)S(=O)(=O)c1ccc(OC)c(NCC(=O)NC2CCCCC2C)c1. The summed E-state index contributed by atoms with van der Waals surface area (Å²) >= 11 is 0. The second kappa shape index (κ2) is 10.1. The number of rotatable bonds is 9. The number of nitrogens with one attached hydrogen (secondary N) is 2. The summed E-state index contributed by atoms with van der Waals surface area (Å²) in [5.41, 5.74) is 0.488. The molecule has 7 nitrogen and oxygen atoms in total. The van der Waals surface area contributed by atoms with Gasteiger partial charge in [0.2, 0.25) is 15.9 Å². The number of hydrogen-bond acceptors (Lipinski definition) is 5. The second-order valence-electron chi connectivity index (χ2n) is 7.24. The van der Waals surface area contributed by atoms with E-state index < -0.39 is 10.0 Å². The molecule has 0 heterocycles. The van der Waals surface area contributed by atoms with Gasteiger partial charge in [-0.25, -0.2) is 8.42 Å². The van der Waals surface area contributed by atoms with Crippen molar-refractivity contribution in [1.29, 1.82) is 0 Å². The summed E-state index contributed by atoms with van der Waals surface area (Å²) in [7, 11) is -2.06. The number of ether oxygens (including phenoxy) is 1. The van der Waals surface area contributed by atoms with Crippen LogP contribution in [0.25, 0.3) is 0 Å². The van der Waals surface area contributed by atoms with Crippen molar-refractivity contribution in [2.75, 3.05) is 32.1 Å². The highest BCUT2D eigenvalue weighted by Gasteiger charge is 2.24. The summed E-state index contributed by atoms with van der Waals surface area (Å²) in [6.07, 6.45) is 4.50. The molecule has 2 rings (SSSR count). The number of amides is 1. The Labute approximate surface area is 168 Å². The van der Waals surface area contributed by atoms with Crippen molar-refractivity contribution in [2.24, 2.45) is 5.92 Å². The van der Waals surface area contributed by atoms with Crippen LogP contribution in [0.4, 0.5) is 5.69 Å². The zero-order chi connectivity index (χ0) is 20.7. The fourth-order valence-corrected chi connectivity index (χ4v) is 5.15. The molecule has 2 unspecified atom stereocenters. The molecule has 1 aromatic carbocycles. The van der Waals surface area contributed by atoms with Gasteiger partial charge in [0.25, 0.3) is 0 Å². The van der Waals surface area contributed by atoms with Gasteiger partial charge in [0.05, 0.1) is 24.2 Å². The highest BCUT2D eigenvalue weighted by molar-refractivity contribution is 7.89. The van der Waals surface area contributed by atoms with E-state index in [2.05, 4.69) is 17.6 Å². The van der Waals surface area contributed by atoms with Crippen molar-refractivity contribution in [3.63, 3.8) is 0 Å². The topological polar surface area (TPSA) is 87.7 Å². The minimum Gasteiger partial charge on any atom is -0.495 e. The van der Waals surface area contributed by atoms with Gasteiger partial charge in [0, 0.05) is 19.1 Å². The minimum atomic E-state index is -3.58. The van der Waals surface area contributed by atoms with Crippen LogP contribution in [-0.2, 0) is 14.8 Å². The first-order valence-electron chi connectivity index (χ1n) is 10.0. The van der Waals surface area contributed by atoms with Gasteiger partial charge in [0.15, 0.2) is 0 Å². The normalized spacial score (nSPS) is 20.0. The Morgan fingerprint density at radius 1 is 1.21 bits per heavy atom. The molecule has 0 aliphatic heterocycles. The van der Waals surface area contributed by atoms with E-state index in [1.54, 1.807) is 19.9 Å². The molecule has 1 amide bonds. The van der Waals surface area contributed by atoms with Crippen LogP contribution in [0.1, 0.15) is 46.5 Å². The Hall–Kier alpha value is -1.80. The maximum absolute atomic E-state index is 12.8. The molecular formula is C20H33N3O4S. The minimum absolute atomic E-state index is 0.0638. The predicted octanol–water partition coefficient (Wildman–Crippen LogP) is 2.83. The Morgan fingerprint density at radius 3 is 2.50 bits per heavy atom. The Balaban J connectivity index is 2.10. The van der Waals surface area contributed by atoms with E-state index in [1.807, 2.05) is 0 Å². The largest absolute Gasteiger partial charge is 0.495 e. The maximum atomic E-state index is 12.8. The molecule has 0 aromatic heterocycles. The Kier molecular flexibility index (Phi) is 8.12.